The van der Waals surface area contributed by atoms with Crippen molar-refractivity contribution in [1.82, 2.24) is 0 Å². The first kappa shape index (κ1) is 59.3. The first-order valence-electron chi connectivity index (χ1n) is 3.64. The molecule has 0 aliphatic rings. The van der Waals surface area contributed by atoms with Gasteiger partial charge in [0.15, 0.2) is 0 Å². The predicted octanol–water partition coefficient (Wildman–Crippen LogP) is 0.289. The largest absolute Gasteiger partial charge is 0 e. The van der Waals surface area contributed by atoms with Crippen LogP contribution in [0.4, 0.5) is 0 Å². The zero-order chi connectivity index (χ0) is 14.1. The molecule has 17 heavy (non-hydrogen) atoms. The third kappa shape index (κ3) is 618. The molecule has 0 aromatic rings. The van der Waals surface area contributed by atoms with E-state index in [4.69, 9.17) is 28.5 Å². The van der Waals surface area contributed by atoms with Gasteiger partial charge < -0.3 is 11.0 Å². The van der Waals surface area contributed by atoms with Crippen LogP contribution in [0.2, 0.25) is 0 Å². The SMILES string of the molecule is CC.CCC.O.O.O=C=O.O=C=O.[C-]#[O+].[C-]#[O+].[HH].[HH].[HH]. The molecule has 0 atom stereocenters. The van der Waals surface area contributed by atoms with Gasteiger partial charge in [-0.2, -0.15) is 19.2 Å². The monoisotopic (exact) mass is 260 g/mol. The second-order valence-corrected chi connectivity index (χ2v) is 0.874. The molecule has 0 fully saturated rings. The summed E-state index contributed by atoms with van der Waals surface area (Å²) in [6.45, 7) is 17.2. The molecule has 0 rings (SSSR count). The first-order chi connectivity index (χ1) is 7.24. The molecule has 0 aromatic heterocycles. The van der Waals surface area contributed by atoms with Crippen molar-refractivity contribution in [3.63, 3.8) is 0 Å². The maximum atomic E-state index is 8.12. The summed E-state index contributed by atoms with van der Waals surface area (Å²) in [5.41, 5.74) is 0. The quantitative estimate of drug-likeness (QED) is 0.450. The second-order valence-electron chi connectivity index (χ2n) is 0.874. The molecular weight excluding hydrogens is 236 g/mol. The molecule has 0 saturated carbocycles. The standard InChI is InChI=1S/C3H8.C2H6.2CO2.2CO.2H2O.3H2/c1-3-2;1-2;2*2-1-3;2*1-2;;;;;/h3H2,1-2H3;1-2H3;;;;;2*1H2;3*1H. The Hall–Kier alpha value is -1.84. The van der Waals surface area contributed by atoms with Crippen molar-refractivity contribution in [2.45, 2.75) is 34.1 Å². The molecule has 0 amide bonds. The molecule has 108 valence electrons. The summed E-state index contributed by atoms with van der Waals surface area (Å²) < 4.78 is 15.0. The minimum absolute atomic E-state index is 0. The molecule has 0 spiro atoms. The van der Waals surface area contributed by atoms with Crippen molar-refractivity contribution in [2.24, 2.45) is 0 Å². The van der Waals surface area contributed by atoms with Crippen molar-refractivity contribution >= 4 is 12.3 Å². The van der Waals surface area contributed by atoms with E-state index in [9.17, 15) is 0 Å². The van der Waals surface area contributed by atoms with Crippen LogP contribution in [-0.2, 0) is 28.5 Å². The van der Waals surface area contributed by atoms with Gasteiger partial charge >= 0.3 is 34.9 Å². The van der Waals surface area contributed by atoms with E-state index in [1.54, 1.807) is 0 Å². The fraction of sp³-hybridized carbons (Fsp3) is 0.556. The van der Waals surface area contributed by atoms with E-state index in [0.717, 1.165) is 0 Å². The van der Waals surface area contributed by atoms with E-state index in [1.807, 2.05) is 13.8 Å². The van der Waals surface area contributed by atoms with Crippen molar-refractivity contribution in [3.8, 4) is 0 Å². The molecule has 0 aliphatic carbocycles. The maximum Gasteiger partial charge on any atom is 0 e. The number of hydrogen-bond acceptors (Lipinski definition) is 4. The molecule has 0 heterocycles. The topological polar surface area (TPSA) is 171 Å². The summed E-state index contributed by atoms with van der Waals surface area (Å²) in [5, 5.41) is 0. The Labute approximate surface area is 105 Å². The number of hydrogen-bond donors (Lipinski definition) is 0. The molecule has 0 bridgehead atoms. The number of rotatable bonds is 0. The summed E-state index contributed by atoms with van der Waals surface area (Å²) >= 11 is 0. The Morgan fingerprint density at radius 1 is 0.824 bits per heavy atom. The molecule has 4 N–H and O–H groups in total. The van der Waals surface area contributed by atoms with Crippen LogP contribution in [0.3, 0.4) is 0 Å². The summed E-state index contributed by atoms with van der Waals surface area (Å²) in [6, 6.07) is 0. The summed E-state index contributed by atoms with van der Waals surface area (Å²) in [5.74, 6) is 0. The molecule has 0 aromatic carbocycles. The van der Waals surface area contributed by atoms with Gasteiger partial charge in [-0.05, 0) is 0 Å². The van der Waals surface area contributed by atoms with E-state index >= 15 is 0 Å². The Kier molecular flexibility index (Phi) is 6360. The molecule has 8 heteroatoms. The number of carbonyl (C=O) groups excluding carboxylic acids is 4. The normalized spacial score (nSPS) is 2.59. The second kappa shape index (κ2) is 1820. The van der Waals surface area contributed by atoms with E-state index in [1.165, 1.54) is 6.42 Å². The van der Waals surface area contributed by atoms with Crippen LogP contribution in [0.15, 0.2) is 0 Å². The minimum Gasteiger partial charge on any atom is 0 e. The average molecular weight is 260 g/mol. The van der Waals surface area contributed by atoms with Crippen LogP contribution in [0.25, 0.3) is 0 Å². The fourth-order valence-corrected chi connectivity index (χ4v) is 0. The van der Waals surface area contributed by atoms with Gasteiger partial charge in [-0.25, -0.2) is 0 Å². The smallest absolute Gasteiger partial charge is 0 e. The van der Waals surface area contributed by atoms with Crippen LogP contribution in [0, 0.1) is 13.3 Å². The predicted molar refractivity (Wildman–Crippen MR) is 58.8 cm³/mol. The van der Waals surface area contributed by atoms with Crippen LogP contribution in [0.1, 0.15) is 38.4 Å². The van der Waals surface area contributed by atoms with Crippen LogP contribution in [-0.4, -0.2) is 23.3 Å². The van der Waals surface area contributed by atoms with Gasteiger partial charge in [-0.1, -0.05) is 34.1 Å². The Bertz CT molecular complexity index is 143. The van der Waals surface area contributed by atoms with Crippen molar-refractivity contribution in [2.75, 3.05) is 0 Å². The van der Waals surface area contributed by atoms with Crippen molar-refractivity contribution < 1.29 is 43.7 Å². The summed E-state index contributed by atoms with van der Waals surface area (Å²) in [7, 11) is 0. The molecule has 8 nitrogen and oxygen atoms in total. The van der Waals surface area contributed by atoms with E-state index in [-0.39, 0.29) is 27.5 Å². The minimum atomic E-state index is 0. The fourth-order valence-electron chi connectivity index (χ4n) is 0. The first-order valence-corrected chi connectivity index (χ1v) is 3.64. The summed E-state index contributed by atoms with van der Waals surface area (Å²) in [6.07, 6.45) is 1.75. The van der Waals surface area contributed by atoms with Crippen molar-refractivity contribution in [1.29, 1.82) is 0 Å². The summed E-state index contributed by atoms with van der Waals surface area (Å²) in [4.78, 5) is 32.5. The zero-order valence-electron chi connectivity index (χ0n) is 10.2. The van der Waals surface area contributed by atoms with Gasteiger partial charge in [0.2, 0.25) is 0 Å². The molecule has 0 saturated heterocycles. The molecule has 0 aliphatic heterocycles. The van der Waals surface area contributed by atoms with Gasteiger partial charge in [-0.15, -0.1) is 0 Å². The Morgan fingerprint density at radius 2 is 0.824 bits per heavy atom. The van der Waals surface area contributed by atoms with Crippen LogP contribution < -0.4 is 0 Å². The Morgan fingerprint density at radius 3 is 0.824 bits per heavy atom. The van der Waals surface area contributed by atoms with Crippen LogP contribution >= 0.6 is 0 Å². The third-order valence-electron chi connectivity index (χ3n) is 0. The van der Waals surface area contributed by atoms with Crippen molar-refractivity contribution in [3.05, 3.63) is 13.3 Å². The van der Waals surface area contributed by atoms with Gasteiger partial charge in [0.25, 0.3) is 0 Å². The molecule has 0 unspecified atom stereocenters. The maximum absolute atomic E-state index is 8.12. The van der Waals surface area contributed by atoms with E-state index in [2.05, 4.69) is 27.1 Å². The van der Waals surface area contributed by atoms with Gasteiger partial charge in [0.05, 0.1) is 0 Å². The Balaban J connectivity index is -0.00000000520. The average Bonchev–Trinajstić information content (AvgIpc) is 2.29. The van der Waals surface area contributed by atoms with Crippen LogP contribution in [0.5, 0.6) is 0 Å². The van der Waals surface area contributed by atoms with Gasteiger partial charge in [-0.3, -0.25) is 0 Å². The van der Waals surface area contributed by atoms with E-state index in [0.29, 0.717) is 0 Å². The van der Waals surface area contributed by atoms with Gasteiger partial charge in [0, 0.05) is 4.28 Å². The zero-order valence-corrected chi connectivity index (χ0v) is 10.2. The third-order valence-corrected chi connectivity index (χ3v) is 0. The molecular formula is C9H24O8. The molecule has 0 radical (unpaired) electrons. The van der Waals surface area contributed by atoms with E-state index < -0.39 is 0 Å². The van der Waals surface area contributed by atoms with Gasteiger partial charge in [0.1, 0.15) is 0 Å².